The molecule has 1 fully saturated rings. The van der Waals surface area contributed by atoms with Crippen molar-refractivity contribution in [2.75, 3.05) is 18.8 Å². The van der Waals surface area contributed by atoms with Gasteiger partial charge in [0, 0.05) is 5.54 Å². The van der Waals surface area contributed by atoms with Crippen molar-refractivity contribution < 1.29 is 8.42 Å². The summed E-state index contributed by atoms with van der Waals surface area (Å²) in [5.74, 6) is 0.266. The van der Waals surface area contributed by atoms with E-state index in [-0.39, 0.29) is 11.3 Å². The molecule has 1 aliphatic rings. The van der Waals surface area contributed by atoms with E-state index in [0.717, 1.165) is 58.0 Å². The smallest absolute Gasteiger partial charge is 0.212 e. The second-order valence-electron chi connectivity index (χ2n) is 5.37. The third-order valence-corrected chi connectivity index (χ3v) is 5.37. The fourth-order valence-electron chi connectivity index (χ4n) is 2.36. The van der Waals surface area contributed by atoms with Crippen LogP contribution in [-0.4, -0.2) is 32.8 Å². The first-order valence-electron chi connectivity index (χ1n) is 7.26. The molecule has 4 nitrogen and oxygen atoms in total. The first-order chi connectivity index (χ1) is 8.54. The fraction of sp³-hybridized carbons (Fsp3) is 1.00. The SMILES string of the molecule is CCCNCCCCS(=O)(=O)NC1(CC)CCC1. The largest absolute Gasteiger partial charge is 0.317 e. The van der Waals surface area contributed by atoms with Crippen LogP contribution in [0.4, 0.5) is 0 Å². The number of hydrogen-bond acceptors (Lipinski definition) is 3. The van der Waals surface area contributed by atoms with Crippen LogP contribution in [0.2, 0.25) is 0 Å². The van der Waals surface area contributed by atoms with Crippen LogP contribution >= 0.6 is 0 Å². The molecule has 108 valence electrons. The lowest BCUT2D eigenvalue weighted by Crippen LogP contribution is -2.53. The molecule has 0 unspecified atom stereocenters. The van der Waals surface area contributed by atoms with E-state index in [9.17, 15) is 8.42 Å². The van der Waals surface area contributed by atoms with Crippen molar-refractivity contribution >= 4 is 10.0 Å². The summed E-state index contributed by atoms with van der Waals surface area (Å²) in [6.45, 7) is 6.13. The van der Waals surface area contributed by atoms with Crippen molar-refractivity contribution in [1.82, 2.24) is 10.0 Å². The second kappa shape index (κ2) is 7.46. The van der Waals surface area contributed by atoms with Crippen molar-refractivity contribution in [3.63, 3.8) is 0 Å². The minimum absolute atomic E-state index is 0.112. The maximum atomic E-state index is 12.0. The predicted octanol–water partition coefficient (Wildman–Crippen LogP) is 2.02. The van der Waals surface area contributed by atoms with Gasteiger partial charge in [-0.1, -0.05) is 13.8 Å². The molecule has 0 heterocycles. The van der Waals surface area contributed by atoms with Crippen molar-refractivity contribution in [1.29, 1.82) is 0 Å². The van der Waals surface area contributed by atoms with Gasteiger partial charge in [0.15, 0.2) is 0 Å². The van der Waals surface area contributed by atoms with Gasteiger partial charge in [-0.15, -0.1) is 0 Å². The van der Waals surface area contributed by atoms with Gasteiger partial charge in [0.1, 0.15) is 0 Å². The first kappa shape index (κ1) is 15.9. The minimum Gasteiger partial charge on any atom is -0.317 e. The summed E-state index contributed by atoms with van der Waals surface area (Å²) in [5, 5.41) is 3.29. The maximum absolute atomic E-state index is 12.0. The van der Waals surface area contributed by atoms with E-state index < -0.39 is 10.0 Å². The van der Waals surface area contributed by atoms with Crippen LogP contribution < -0.4 is 10.0 Å². The van der Waals surface area contributed by atoms with Crippen molar-refractivity contribution in [2.24, 2.45) is 0 Å². The molecular formula is C13H28N2O2S. The van der Waals surface area contributed by atoms with Gasteiger partial charge in [0.05, 0.1) is 5.75 Å². The summed E-state index contributed by atoms with van der Waals surface area (Å²) >= 11 is 0. The Bertz CT molecular complexity index is 318. The lowest BCUT2D eigenvalue weighted by molar-refractivity contribution is 0.214. The summed E-state index contributed by atoms with van der Waals surface area (Å²) < 4.78 is 26.8. The van der Waals surface area contributed by atoms with E-state index in [1.54, 1.807) is 0 Å². The molecule has 1 rings (SSSR count). The highest BCUT2D eigenvalue weighted by Gasteiger charge is 2.38. The van der Waals surface area contributed by atoms with Gasteiger partial charge in [-0.2, -0.15) is 0 Å². The Hall–Kier alpha value is -0.130. The summed E-state index contributed by atoms with van der Waals surface area (Å²) in [6, 6.07) is 0. The Labute approximate surface area is 112 Å². The molecule has 18 heavy (non-hydrogen) atoms. The van der Waals surface area contributed by atoms with Crippen molar-refractivity contribution in [2.45, 2.75) is 64.3 Å². The quantitative estimate of drug-likeness (QED) is 0.600. The average molecular weight is 276 g/mol. The number of sulfonamides is 1. The van der Waals surface area contributed by atoms with Gasteiger partial charge >= 0.3 is 0 Å². The molecule has 2 N–H and O–H groups in total. The summed E-state index contributed by atoms with van der Waals surface area (Å²) in [7, 11) is -3.08. The fourth-order valence-corrected chi connectivity index (χ4v) is 4.05. The molecule has 0 aromatic rings. The molecule has 1 saturated carbocycles. The molecule has 0 radical (unpaired) electrons. The lowest BCUT2D eigenvalue weighted by atomic mass is 9.76. The van der Waals surface area contributed by atoms with Crippen LogP contribution in [0.1, 0.15) is 58.8 Å². The van der Waals surface area contributed by atoms with Gasteiger partial charge in [-0.05, 0) is 58.0 Å². The van der Waals surface area contributed by atoms with Gasteiger partial charge in [-0.3, -0.25) is 0 Å². The molecule has 0 aliphatic heterocycles. The van der Waals surface area contributed by atoms with Gasteiger partial charge < -0.3 is 5.32 Å². The number of rotatable bonds is 10. The van der Waals surface area contributed by atoms with E-state index in [4.69, 9.17) is 0 Å². The van der Waals surface area contributed by atoms with E-state index in [2.05, 4.69) is 23.9 Å². The van der Waals surface area contributed by atoms with Crippen LogP contribution in [0, 0.1) is 0 Å². The molecule has 0 bridgehead atoms. The zero-order valence-corrected chi connectivity index (χ0v) is 12.6. The monoisotopic (exact) mass is 276 g/mol. The van der Waals surface area contributed by atoms with Crippen LogP contribution in [0.15, 0.2) is 0 Å². The Balaban J connectivity index is 2.19. The zero-order valence-electron chi connectivity index (χ0n) is 11.8. The molecular weight excluding hydrogens is 248 g/mol. The molecule has 0 atom stereocenters. The third-order valence-electron chi connectivity index (χ3n) is 3.80. The molecule has 0 spiro atoms. The second-order valence-corrected chi connectivity index (χ2v) is 7.21. The van der Waals surface area contributed by atoms with E-state index in [0.29, 0.717) is 0 Å². The number of nitrogens with one attached hydrogen (secondary N) is 2. The van der Waals surface area contributed by atoms with Crippen LogP contribution in [0.5, 0.6) is 0 Å². The minimum atomic E-state index is -3.08. The highest BCUT2D eigenvalue weighted by molar-refractivity contribution is 7.89. The molecule has 0 aromatic carbocycles. The van der Waals surface area contributed by atoms with E-state index in [1.165, 1.54) is 0 Å². The standard InChI is InChI=1S/C13H28N2O2S/c1-3-10-14-11-5-6-12-18(16,17)15-13(4-2)8-7-9-13/h14-15H,3-12H2,1-2H3. The Morgan fingerprint density at radius 3 is 2.33 bits per heavy atom. The third kappa shape index (κ3) is 5.24. The molecule has 1 aliphatic carbocycles. The topological polar surface area (TPSA) is 58.2 Å². The first-order valence-corrected chi connectivity index (χ1v) is 8.91. The molecule has 0 aromatic heterocycles. The van der Waals surface area contributed by atoms with Crippen molar-refractivity contribution in [3.05, 3.63) is 0 Å². The number of hydrogen-bond donors (Lipinski definition) is 2. The normalized spacial score (nSPS) is 18.6. The predicted molar refractivity (Wildman–Crippen MR) is 76.2 cm³/mol. The molecule has 0 amide bonds. The molecule has 5 heteroatoms. The van der Waals surface area contributed by atoms with E-state index in [1.807, 2.05) is 0 Å². The average Bonchev–Trinajstić information content (AvgIpc) is 2.28. The molecule has 0 saturated heterocycles. The summed E-state index contributed by atoms with van der Waals surface area (Å²) in [6.07, 6.45) is 6.86. The Kier molecular flexibility index (Phi) is 6.60. The zero-order chi connectivity index (χ0) is 13.5. The van der Waals surface area contributed by atoms with Crippen LogP contribution in [0.25, 0.3) is 0 Å². The summed E-state index contributed by atoms with van der Waals surface area (Å²) in [4.78, 5) is 0. The van der Waals surface area contributed by atoms with Crippen LogP contribution in [0.3, 0.4) is 0 Å². The van der Waals surface area contributed by atoms with Gasteiger partial charge in [0.2, 0.25) is 10.0 Å². The highest BCUT2D eigenvalue weighted by atomic mass is 32.2. The van der Waals surface area contributed by atoms with Gasteiger partial charge in [-0.25, -0.2) is 13.1 Å². The van der Waals surface area contributed by atoms with Gasteiger partial charge in [0.25, 0.3) is 0 Å². The Morgan fingerprint density at radius 2 is 1.83 bits per heavy atom. The highest BCUT2D eigenvalue weighted by Crippen LogP contribution is 2.35. The van der Waals surface area contributed by atoms with E-state index >= 15 is 0 Å². The summed E-state index contributed by atoms with van der Waals surface area (Å²) in [5.41, 5.74) is -0.112. The number of unbranched alkanes of at least 4 members (excludes halogenated alkanes) is 1. The lowest BCUT2D eigenvalue weighted by Gasteiger charge is -2.41. The van der Waals surface area contributed by atoms with Crippen LogP contribution in [-0.2, 0) is 10.0 Å². The maximum Gasteiger partial charge on any atom is 0.212 e. The van der Waals surface area contributed by atoms with Crippen molar-refractivity contribution in [3.8, 4) is 0 Å². The Morgan fingerprint density at radius 1 is 1.11 bits per heavy atom.